The van der Waals surface area contributed by atoms with E-state index in [9.17, 15) is 5.11 Å². The second-order valence-electron chi connectivity index (χ2n) is 7.50. The Bertz CT molecular complexity index is 236. The number of hydrogen-bond acceptors (Lipinski definition) is 1. The Hall–Kier alpha value is -0.0400. The van der Waals surface area contributed by atoms with Gasteiger partial charge < -0.3 is 5.11 Å². The zero-order chi connectivity index (χ0) is 14.4. The highest BCUT2D eigenvalue weighted by Gasteiger charge is 2.37. The Labute approximate surface area is 121 Å². The number of unbranched alkanes of at least 4 members (excludes halogenated alkanes) is 4. The predicted octanol–water partition coefficient (Wildman–Crippen LogP) is 5.70. The molecule has 1 aliphatic rings. The lowest BCUT2D eigenvalue weighted by Gasteiger charge is -2.42. The molecule has 114 valence electrons. The highest BCUT2D eigenvalue weighted by molar-refractivity contribution is 4.90. The summed E-state index contributed by atoms with van der Waals surface area (Å²) in [5, 5.41) is 10.7. The molecule has 0 saturated heterocycles. The van der Waals surface area contributed by atoms with E-state index in [0.29, 0.717) is 5.41 Å². The third-order valence-electron chi connectivity index (χ3n) is 5.68. The fraction of sp³-hybridized carbons (Fsp3) is 1.00. The van der Waals surface area contributed by atoms with Crippen LogP contribution in [0.2, 0.25) is 0 Å². The Morgan fingerprint density at radius 2 is 1.58 bits per heavy atom. The Balaban J connectivity index is 2.27. The Morgan fingerprint density at radius 1 is 1.00 bits per heavy atom. The number of aliphatic hydroxyl groups is 1. The molecule has 0 spiro atoms. The summed E-state index contributed by atoms with van der Waals surface area (Å²) in [5.74, 6) is 0.817. The number of rotatable bonds is 8. The molecule has 0 unspecified atom stereocenters. The van der Waals surface area contributed by atoms with Gasteiger partial charge in [0.05, 0.1) is 5.60 Å². The molecule has 0 bridgehead atoms. The van der Waals surface area contributed by atoms with Crippen molar-refractivity contribution < 1.29 is 5.11 Å². The summed E-state index contributed by atoms with van der Waals surface area (Å²) >= 11 is 0. The van der Waals surface area contributed by atoms with Gasteiger partial charge in [-0.25, -0.2) is 0 Å². The summed E-state index contributed by atoms with van der Waals surface area (Å²) in [7, 11) is 0. The molecule has 0 aromatic rings. The lowest BCUT2D eigenvalue weighted by Crippen LogP contribution is -2.38. The summed E-state index contributed by atoms with van der Waals surface area (Å²) in [5.41, 5.74) is 0.134. The van der Waals surface area contributed by atoms with Crippen LogP contribution in [0.1, 0.15) is 98.3 Å². The van der Waals surface area contributed by atoms with Gasteiger partial charge in [-0.05, 0) is 43.4 Å². The molecule has 0 aromatic heterocycles. The van der Waals surface area contributed by atoms with Crippen LogP contribution in [0.4, 0.5) is 0 Å². The molecule has 1 nitrogen and oxygen atoms in total. The smallest absolute Gasteiger partial charge is 0.0648 e. The first-order valence-electron chi connectivity index (χ1n) is 8.66. The quantitative estimate of drug-likeness (QED) is 0.559. The molecule has 0 aliphatic heterocycles. The van der Waals surface area contributed by atoms with Crippen LogP contribution in [-0.2, 0) is 0 Å². The Morgan fingerprint density at radius 3 is 2.11 bits per heavy atom. The van der Waals surface area contributed by atoms with Crippen molar-refractivity contribution in [2.75, 3.05) is 0 Å². The van der Waals surface area contributed by atoms with E-state index in [-0.39, 0.29) is 5.60 Å². The minimum atomic E-state index is -0.327. The van der Waals surface area contributed by atoms with Gasteiger partial charge in [-0.3, -0.25) is 0 Å². The zero-order valence-corrected chi connectivity index (χ0v) is 13.8. The molecule has 1 saturated carbocycles. The summed E-state index contributed by atoms with van der Waals surface area (Å²) in [6.45, 7) is 9.35. The van der Waals surface area contributed by atoms with Gasteiger partial charge in [0.25, 0.3) is 0 Å². The summed E-state index contributed by atoms with van der Waals surface area (Å²) < 4.78 is 0. The third-order valence-corrected chi connectivity index (χ3v) is 5.68. The molecule has 0 amide bonds. The van der Waals surface area contributed by atoms with Crippen LogP contribution in [0, 0.1) is 11.3 Å². The minimum Gasteiger partial charge on any atom is -0.390 e. The van der Waals surface area contributed by atoms with Crippen molar-refractivity contribution in [3.8, 4) is 0 Å². The molecule has 1 fully saturated rings. The van der Waals surface area contributed by atoms with Crippen molar-refractivity contribution >= 4 is 0 Å². The van der Waals surface area contributed by atoms with Crippen LogP contribution in [0.5, 0.6) is 0 Å². The van der Waals surface area contributed by atoms with E-state index in [4.69, 9.17) is 0 Å². The molecule has 1 N–H and O–H groups in total. The highest BCUT2D eigenvalue weighted by atomic mass is 16.3. The van der Waals surface area contributed by atoms with Crippen molar-refractivity contribution in [1.82, 2.24) is 0 Å². The average molecular weight is 268 g/mol. The minimum absolute atomic E-state index is 0.327. The van der Waals surface area contributed by atoms with E-state index < -0.39 is 0 Å². The zero-order valence-electron chi connectivity index (χ0n) is 13.8. The van der Waals surface area contributed by atoms with E-state index in [1.54, 1.807) is 0 Å². The summed E-state index contributed by atoms with van der Waals surface area (Å²) in [6.07, 6.45) is 13.4. The molecule has 0 atom stereocenters. The lowest BCUT2D eigenvalue weighted by molar-refractivity contribution is -0.0357. The molecular weight excluding hydrogens is 232 g/mol. The van der Waals surface area contributed by atoms with Gasteiger partial charge in [0.15, 0.2) is 0 Å². The standard InChI is InChI=1S/C18H36O/c1-5-7-8-9-10-13-18(19)14-11-16(12-15-18)17(3,4)6-2/h16,19H,5-15H2,1-4H3. The predicted molar refractivity (Wildman–Crippen MR) is 84.4 cm³/mol. The van der Waals surface area contributed by atoms with Gasteiger partial charge >= 0.3 is 0 Å². The first-order valence-corrected chi connectivity index (χ1v) is 8.66. The maximum atomic E-state index is 10.7. The van der Waals surface area contributed by atoms with Crippen molar-refractivity contribution in [3.63, 3.8) is 0 Å². The van der Waals surface area contributed by atoms with Crippen LogP contribution in [0.3, 0.4) is 0 Å². The van der Waals surface area contributed by atoms with E-state index in [1.165, 1.54) is 51.4 Å². The van der Waals surface area contributed by atoms with Crippen LogP contribution in [0.25, 0.3) is 0 Å². The molecule has 1 heteroatoms. The monoisotopic (exact) mass is 268 g/mol. The first-order chi connectivity index (χ1) is 8.93. The molecule has 0 aromatic carbocycles. The van der Waals surface area contributed by atoms with E-state index in [0.717, 1.165) is 25.2 Å². The van der Waals surface area contributed by atoms with Crippen LogP contribution >= 0.6 is 0 Å². The topological polar surface area (TPSA) is 20.2 Å². The molecule has 19 heavy (non-hydrogen) atoms. The molecule has 1 aliphatic carbocycles. The summed E-state index contributed by atoms with van der Waals surface area (Å²) in [6, 6.07) is 0. The fourth-order valence-corrected chi connectivity index (χ4v) is 3.53. The van der Waals surface area contributed by atoms with Crippen molar-refractivity contribution in [3.05, 3.63) is 0 Å². The fourth-order valence-electron chi connectivity index (χ4n) is 3.53. The second kappa shape index (κ2) is 7.67. The molecule has 0 heterocycles. The largest absolute Gasteiger partial charge is 0.390 e. The maximum absolute atomic E-state index is 10.7. The first kappa shape index (κ1) is 17.0. The van der Waals surface area contributed by atoms with Gasteiger partial charge in [-0.15, -0.1) is 0 Å². The third kappa shape index (κ3) is 5.45. The van der Waals surface area contributed by atoms with Crippen molar-refractivity contribution in [2.45, 2.75) is 104 Å². The van der Waals surface area contributed by atoms with Gasteiger partial charge in [0, 0.05) is 0 Å². The molecular formula is C18H36O. The van der Waals surface area contributed by atoms with Gasteiger partial charge in [-0.1, -0.05) is 66.2 Å². The van der Waals surface area contributed by atoms with Gasteiger partial charge in [0.1, 0.15) is 0 Å². The van der Waals surface area contributed by atoms with Gasteiger partial charge in [0.2, 0.25) is 0 Å². The average Bonchev–Trinajstić information content (AvgIpc) is 2.39. The van der Waals surface area contributed by atoms with Crippen LogP contribution in [0.15, 0.2) is 0 Å². The van der Waals surface area contributed by atoms with E-state index in [2.05, 4.69) is 27.7 Å². The molecule has 0 radical (unpaired) electrons. The Kier molecular flexibility index (Phi) is 6.86. The van der Waals surface area contributed by atoms with E-state index >= 15 is 0 Å². The normalized spacial score (nSPS) is 28.6. The SMILES string of the molecule is CCCCCCCC1(O)CCC(C(C)(C)CC)CC1. The van der Waals surface area contributed by atoms with Crippen LogP contribution in [-0.4, -0.2) is 10.7 Å². The molecule has 1 rings (SSSR count). The van der Waals surface area contributed by atoms with Gasteiger partial charge in [-0.2, -0.15) is 0 Å². The van der Waals surface area contributed by atoms with Crippen LogP contribution < -0.4 is 0 Å². The summed E-state index contributed by atoms with van der Waals surface area (Å²) in [4.78, 5) is 0. The lowest BCUT2D eigenvalue weighted by atomic mass is 9.65. The maximum Gasteiger partial charge on any atom is 0.0648 e. The van der Waals surface area contributed by atoms with Crippen molar-refractivity contribution in [2.24, 2.45) is 11.3 Å². The van der Waals surface area contributed by atoms with E-state index in [1.807, 2.05) is 0 Å². The number of hydrogen-bond donors (Lipinski definition) is 1. The van der Waals surface area contributed by atoms with Crippen molar-refractivity contribution in [1.29, 1.82) is 0 Å². The highest BCUT2D eigenvalue weighted by Crippen LogP contribution is 2.44. The second-order valence-corrected chi connectivity index (χ2v) is 7.50.